The van der Waals surface area contributed by atoms with E-state index < -0.39 is 0 Å². The van der Waals surface area contributed by atoms with Crippen molar-refractivity contribution in [1.29, 1.82) is 0 Å². The van der Waals surface area contributed by atoms with E-state index in [0.717, 1.165) is 18.8 Å². The number of nitrogens with one attached hydrogen (secondary N) is 2. The molecular formula is C18H17ClN6O2. The van der Waals surface area contributed by atoms with Crippen LogP contribution in [0.2, 0.25) is 5.02 Å². The minimum Gasteiger partial charge on any atom is -0.422 e. The van der Waals surface area contributed by atoms with E-state index in [2.05, 4.69) is 30.8 Å². The first-order chi connectivity index (χ1) is 13.2. The molecule has 138 valence electrons. The summed E-state index contributed by atoms with van der Waals surface area (Å²) in [5.41, 5.74) is 2.13. The number of aromatic amines is 1. The fourth-order valence-electron chi connectivity index (χ4n) is 2.97. The van der Waals surface area contributed by atoms with Crippen LogP contribution < -0.4 is 15.0 Å². The second kappa shape index (κ2) is 7.63. The molecule has 0 radical (unpaired) electrons. The van der Waals surface area contributed by atoms with Crippen LogP contribution in [0.5, 0.6) is 11.8 Å². The van der Waals surface area contributed by atoms with Crippen LogP contribution in [-0.4, -0.2) is 39.6 Å². The maximum atomic E-state index is 12.5. The summed E-state index contributed by atoms with van der Waals surface area (Å²) < 4.78 is 5.39. The van der Waals surface area contributed by atoms with Crippen molar-refractivity contribution in [2.75, 3.05) is 23.3 Å². The van der Waals surface area contributed by atoms with Gasteiger partial charge in [-0.3, -0.25) is 4.79 Å². The predicted octanol–water partition coefficient (Wildman–Crippen LogP) is 3.50. The molecule has 1 fully saturated rings. The standard InChI is InChI=1S/C18H17ClN6O2/c19-15-11-12(3-8-16(15)25-9-1-2-10-25)17(26)20-13-4-6-14(7-5-13)27-18-21-23-24-22-18/h3-8,11H,1-2,9-10H2,(H,20,26)(H,21,22,23,24). The zero-order chi connectivity index (χ0) is 18.6. The number of carbonyl (C=O) groups is 1. The number of aromatic nitrogens is 4. The third kappa shape index (κ3) is 4.01. The third-order valence-electron chi connectivity index (χ3n) is 4.30. The Morgan fingerprint density at radius 2 is 1.93 bits per heavy atom. The molecule has 0 unspecified atom stereocenters. The van der Waals surface area contributed by atoms with Crippen molar-refractivity contribution in [2.24, 2.45) is 0 Å². The van der Waals surface area contributed by atoms with Gasteiger partial charge in [-0.2, -0.15) is 5.21 Å². The van der Waals surface area contributed by atoms with E-state index in [-0.39, 0.29) is 11.9 Å². The highest BCUT2D eigenvalue weighted by Gasteiger charge is 2.17. The quantitative estimate of drug-likeness (QED) is 0.699. The Morgan fingerprint density at radius 1 is 1.15 bits per heavy atom. The van der Waals surface area contributed by atoms with Crippen molar-refractivity contribution in [3.8, 4) is 11.8 Å². The molecule has 2 heterocycles. The van der Waals surface area contributed by atoms with E-state index >= 15 is 0 Å². The number of rotatable bonds is 5. The minimum atomic E-state index is -0.225. The van der Waals surface area contributed by atoms with Gasteiger partial charge in [-0.1, -0.05) is 21.8 Å². The number of amides is 1. The normalized spacial score (nSPS) is 13.6. The number of nitrogens with zero attached hydrogens (tertiary/aromatic N) is 4. The van der Waals surface area contributed by atoms with Crippen LogP contribution in [0.1, 0.15) is 23.2 Å². The minimum absolute atomic E-state index is 0.125. The lowest BCUT2D eigenvalue weighted by Gasteiger charge is -2.19. The van der Waals surface area contributed by atoms with E-state index in [1.807, 2.05) is 6.07 Å². The second-order valence-electron chi connectivity index (χ2n) is 6.14. The zero-order valence-corrected chi connectivity index (χ0v) is 15.1. The molecule has 27 heavy (non-hydrogen) atoms. The molecule has 1 aliphatic heterocycles. The molecule has 3 aromatic rings. The van der Waals surface area contributed by atoms with Gasteiger partial charge in [-0.25, -0.2) is 0 Å². The third-order valence-corrected chi connectivity index (χ3v) is 4.61. The first kappa shape index (κ1) is 17.3. The van der Waals surface area contributed by atoms with Crippen LogP contribution in [0.25, 0.3) is 0 Å². The van der Waals surface area contributed by atoms with E-state index in [9.17, 15) is 4.79 Å². The van der Waals surface area contributed by atoms with E-state index in [1.165, 1.54) is 12.8 Å². The van der Waals surface area contributed by atoms with Crippen LogP contribution in [0.15, 0.2) is 42.5 Å². The average Bonchev–Trinajstić information content (AvgIpc) is 3.37. The van der Waals surface area contributed by atoms with Gasteiger partial charge in [0.25, 0.3) is 5.91 Å². The van der Waals surface area contributed by atoms with Crippen LogP contribution in [0.3, 0.4) is 0 Å². The Labute approximate surface area is 160 Å². The summed E-state index contributed by atoms with van der Waals surface area (Å²) in [5, 5.41) is 16.6. The van der Waals surface area contributed by atoms with Gasteiger partial charge >= 0.3 is 6.01 Å². The van der Waals surface area contributed by atoms with E-state index in [4.69, 9.17) is 16.3 Å². The van der Waals surface area contributed by atoms with Gasteiger partial charge in [-0.15, -0.1) is 0 Å². The van der Waals surface area contributed by atoms with Crippen molar-refractivity contribution in [1.82, 2.24) is 20.6 Å². The second-order valence-corrected chi connectivity index (χ2v) is 6.54. The van der Waals surface area contributed by atoms with Gasteiger partial charge in [-0.05, 0) is 60.5 Å². The molecule has 2 N–H and O–H groups in total. The van der Waals surface area contributed by atoms with Crippen molar-refractivity contribution >= 4 is 28.9 Å². The highest BCUT2D eigenvalue weighted by molar-refractivity contribution is 6.33. The fraction of sp³-hybridized carbons (Fsp3) is 0.222. The summed E-state index contributed by atoms with van der Waals surface area (Å²) in [7, 11) is 0. The molecular weight excluding hydrogens is 368 g/mol. The number of benzene rings is 2. The molecule has 8 nitrogen and oxygen atoms in total. The Kier molecular flexibility index (Phi) is 4.88. The molecule has 4 rings (SSSR count). The highest BCUT2D eigenvalue weighted by atomic mass is 35.5. The van der Waals surface area contributed by atoms with Crippen molar-refractivity contribution < 1.29 is 9.53 Å². The predicted molar refractivity (Wildman–Crippen MR) is 102 cm³/mol. The Bertz CT molecular complexity index is 924. The van der Waals surface area contributed by atoms with Gasteiger partial charge in [0, 0.05) is 24.3 Å². The molecule has 1 aromatic heterocycles. The number of ether oxygens (including phenoxy) is 1. The molecule has 0 aliphatic carbocycles. The average molecular weight is 385 g/mol. The van der Waals surface area contributed by atoms with Gasteiger partial charge in [0.15, 0.2) is 0 Å². The monoisotopic (exact) mass is 384 g/mol. The Morgan fingerprint density at radius 3 is 2.59 bits per heavy atom. The summed E-state index contributed by atoms with van der Waals surface area (Å²) in [5.74, 6) is 0.309. The topological polar surface area (TPSA) is 96.0 Å². The van der Waals surface area contributed by atoms with Crippen molar-refractivity contribution in [2.45, 2.75) is 12.8 Å². The summed E-state index contributed by atoms with van der Waals surface area (Å²) >= 11 is 6.39. The van der Waals surface area contributed by atoms with Gasteiger partial charge < -0.3 is 15.0 Å². The maximum absolute atomic E-state index is 12.5. The lowest BCUT2D eigenvalue weighted by atomic mass is 10.1. The fourth-order valence-corrected chi connectivity index (χ4v) is 3.27. The maximum Gasteiger partial charge on any atom is 0.361 e. The Balaban J connectivity index is 1.41. The summed E-state index contributed by atoms with van der Waals surface area (Å²) in [4.78, 5) is 14.7. The lowest BCUT2D eigenvalue weighted by Crippen LogP contribution is -2.18. The molecule has 0 bridgehead atoms. The first-order valence-electron chi connectivity index (χ1n) is 8.56. The summed E-state index contributed by atoms with van der Waals surface area (Å²) in [6.45, 7) is 2.01. The molecule has 1 aliphatic rings. The molecule has 0 atom stereocenters. The number of anilines is 2. The molecule has 0 spiro atoms. The largest absolute Gasteiger partial charge is 0.422 e. The van der Waals surface area contributed by atoms with Crippen LogP contribution >= 0.6 is 11.6 Å². The highest BCUT2D eigenvalue weighted by Crippen LogP contribution is 2.30. The van der Waals surface area contributed by atoms with Crippen molar-refractivity contribution in [3.63, 3.8) is 0 Å². The van der Waals surface area contributed by atoms with Gasteiger partial charge in [0.2, 0.25) is 0 Å². The van der Waals surface area contributed by atoms with Gasteiger partial charge in [0.1, 0.15) is 5.75 Å². The van der Waals surface area contributed by atoms with Crippen LogP contribution in [0, 0.1) is 0 Å². The Hall–Kier alpha value is -3.13. The molecule has 0 saturated carbocycles. The number of carbonyl (C=O) groups excluding carboxylic acids is 1. The SMILES string of the molecule is O=C(Nc1ccc(Oc2nn[nH]n2)cc1)c1ccc(N2CCCC2)c(Cl)c1. The molecule has 1 amide bonds. The molecule has 1 saturated heterocycles. The smallest absolute Gasteiger partial charge is 0.361 e. The summed E-state index contributed by atoms with van der Waals surface area (Å²) in [6.07, 6.45) is 2.34. The number of hydrogen-bond acceptors (Lipinski definition) is 6. The lowest BCUT2D eigenvalue weighted by molar-refractivity contribution is 0.102. The molecule has 2 aromatic carbocycles. The van der Waals surface area contributed by atoms with E-state index in [0.29, 0.717) is 22.0 Å². The zero-order valence-electron chi connectivity index (χ0n) is 14.4. The van der Waals surface area contributed by atoms with Crippen LogP contribution in [0.4, 0.5) is 11.4 Å². The number of hydrogen-bond donors (Lipinski definition) is 2. The summed E-state index contributed by atoms with van der Waals surface area (Å²) in [6, 6.07) is 12.4. The number of tetrazole rings is 1. The number of H-pyrrole nitrogens is 1. The number of halogens is 1. The van der Waals surface area contributed by atoms with Crippen LogP contribution in [-0.2, 0) is 0 Å². The van der Waals surface area contributed by atoms with Crippen molar-refractivity contribution in [3.05, 3.63) is 53.1 Å². The first-order valence-corrected chi connectivity index (χ1v) is 8.94. The van der Waals surface area contributed by atoms with Gasteiger partial charge in [0.05, 0.1) is 10.7 Å². The van der Waals surface area contributed by atoms with E-state index in [1.54, 1.807) is 36.4 Å². The molecule has 9 heteroatoms.